The number of benzene rings is 7. The van der Waals surface area contributed by atoms with E-state index < -0.39 is 0 Å². The van der Waals surface area contributed by atoms with E-state index in [9.17, 15) is 0 Å². The highest BCUT2D eigenvalue weighted by Gasteiger charge is 2.23. The van der Waals surface area contributed by atoms with Crippen LogP contribution in [0.4, 0.5) is 17.1 Å². The first-order valence-corrected chi connectivity index (χ1v) is 15.9. The van der Waals surface area contributed by atoms with Gasteiger partial charge in [-0.3, -0.25) is 0 Å². The standard InChI is InChI=1S/C41H26N2OS/c1-3-13-27(14-4-1)30-17-9-11-21-35(30)43(29-23-24-39-34(25-29)32-19-10-12-22-38(32)45-39)36-26-37-40(33-20-8-7-18-31(33)36)42-41(44-37)28-15-5-2-6-16-28/h1-26H. The lowest BCUT2D eigenvalue weighted by atomic mass is 10.00. The lowest BCUT2D eigenvalue weighted by molar-refractivity contribution is 0.620. The number of hydrogen-bond donors (Lipinski definition) is 0. The number of fused-ring (bicyclic) bond motifs is 6. The Bertz CT molecular complexity index is 2500. The number of hydrogen-bond acceptors (Lipinski definition) is 4. The second-order valence-corrected chi connectivity index (χ2v) is 12.3. The molecule has 9 aromatic rings. The van der Waals surface area contributed by atoms with Gasteiger partial charge in [-0.2, -0.15) is 0 Å². The lowest BCUT2D eigenvalue weighted by Gasteiger charge is -2.29. The fourth-order valence-corrected chi connectivity index (χ4v) is 7.50. The Morgan fingerprint density at radius 2 is 1.13 bits per heavy atom. The zero-order chi connectivity index (χ0) is 29.7. The highest BCUT2D eigenvalue weighted by Crippen LogP contribution is 2.47. The predicted molar refractivity (Wildman–Crippen MR) is 190 cm³/mol. The monoisotopic (exact) mass is 594 g/mol. The van der Waals surface area contributed by atoms with Crippen LogP contribution < -0.4 is 4.90 Å². The fourth-order valence-electron chi connectivity index (χ4n) is 6.42. The zero-order valence-corrected chi connectivity index (χ0v) is 25.0. The minimum atomic E-state index is 0.621. The average molecular weight is 595 g/mol. The summed E-state index contributed by atoms with van der Waals surface area (Å²) in [5, 5.41) is 4.70. The van der Waals surface area contributed by atoms with Crippen molar-refractivity contribution >= 4 is 70.4 Å². The van der Waals surface area contributed by atoms with E-state index >= 15 is 0 Å². The first-order chi connectivity index (χ1) is 22.3. The van der Waals surface area contributed by atoms with Crippen LogP contribution in [0.25, 0.3) is 64.6 Å². The summed E-state index contributed by atoms with van der Waals surface area (Å²) in [7, 11) is 0. The Kier molecular flexibility index (Phi) is 6.00. The van der Waals surface area contributed by atoms with Crippen LogP contribution in [0.15, 0.2) is 162 Å². The van der Waals surface area contributed by atoms with Crippen molar-refractivity contribution in [2.75, 3.05) is 4.90 Å². The van der Waals surface area contributed by atoms with Gasteiger partial charge in [0.1, 0.15) is 5.52 Å². The maximum absolute atomic E-state index is 6.52. The number of anilines is 3. The molecule has 0 saturated carbocycles. The van der Waals surface area contributed by atoms with E-state index in [1.165, 1.54) is 20.2 Å². The molecule has 0 fully saturated rings. The van der Waals surface area contributed by atoms with Gasteiger partial charge in [-0.05, 0) is 48.0 Å². The van der Waals surface area contributed by atoms with E-state index in [0.29, 0.717) is 5.89 Å². The van der Waals surface area contributed by atoms with E-state index in [1.807, 2.05) is 41.7 Å². The molecule has 0 unspecified atom stereocenters. The normalized spacial score (nSPS) is 11.6. The van der Waals surface area contributed by atoms with Crippen LogP contribution in [-0.2, 0) is 0 Å². The molecule has 45 heavy (non-hydrogen) atoms. The minimum Gasteiger partial charge on any atom is -0.436 e. The Labute approximate surface area is 264 Å². The summed E-state index contributed by atoms with van der Waals surface area (Å²) >= 11 is 1.84. The van der Waals surface area contributed by atoms with E-state index in [4.69, 9.17) is 9.40 Å². The molecule has 0 spiro atoms. The number of aromatic nitrogens is 1. The summed E-state index contributed by atoms with van der Waals surface area (Å²) in [5.41, 5.74) is 8.11. The number of nitrogens with zero attached hydrogens (tertiary/aromatic N) is 2. The molecule has 3 nitrogen and oxygen atoms in total. The van der Waals surface area contributed by atoms with Crippen LogP contribution >= 0.6 is 11.3 Å². The molecule has 0 aliphatic heterocycles. The number of oxazole rings is 1. The second-order valence-electron chi connectivity index (χ2n) is 11.2. The molecule has 0 saturated heterocycles. The first kappa shape index (κ1) is 25.8. The third-order valence-corrected chi connectivity index (χ3v) is 9.64. The van der Waals surface area contributed by atoms with Gasteiger partial charge in [-0.1, -0.05) is 109 Å². The Hall–Kier alpha value is -5.71. The van der Waals surface area contributed by atoms with Crippen molar-refractivity contribution in [3.05, 3.63) is 158 Å². The van der Waals surface area contributed by atoms with Crippen molar-refractivity contribution in [1.29, 1.82) is 0 Å². The van der Waals surface area contributed by atoms with Gasteiger partial charge >= 0.3 is 0 Å². The number of para-hydroxylation sites is 1. The van der Waals surface area contributed by atoms with Crippen molar-refractivity contribution in [2.24, 2.45) is 0 Å². The molecule has 0 amide bonds. The van der Waals surface area contributed by atoms with Crippen molar-refractivity contribution < 1.29 is 4.42 Å². The Balaban J connectivity index is 1.36. The highest BCUT2D eigenvalue weighted by molar-refractivity contribution is 7.25. The maximum Gasteiger partial charge on any atom is 0.227 e. The molecule has 7 aromatic carbocycles. The second kappa shape index (κ2) is 10.5. The van der Waals surface area contributed by atoms with E-state index in [-0.39, 0.29) is 0 Å². The number of rotatable bonds is 5. The van der Waals surface area contributed by atoms with Crippen LogP contribution in [0.3, 0.4) is 0 Å². The summed E-state index contributed by atoms with van der Waals surface area (Å²) in [6.45, 7) is 0. The van der Waals surface area contributed by atoms with Gasteiger partial charge in [0.15, 0.2) is 5.58 Å². The minimum absolute atomic E-state index is 0.621. The van der Waals surface area contributed by atoms with E-state index in [1.54, 1.807) is 0 Å². The van der Waals surface area contributed by atoms with Crippen LogP contribution in [0.2, 0.25) is 0 Å². The van der Waals surface area contributed by atoms with Crippen LogP contribution in [0, 0.1) is 0 Å². The molecule has 9 rings (SSSR count). The summed E-state index contributed by atoms with van der Waals surface area (Å²) in [4.78, 5) is 7.40. The number of thiophene rings is 1. The summed E-state index contributed by atoms with van der Waals surface area (Å²) in [5.74, 6) is 0.621. The van der Waals surface area contributed by atoms with Gasteiger partial charge in [0.05, 0.1) is 11.4 Å². The molecule has 0 N–H and O–H groups in total. The molecule has 0 bridgehead atoms. The summed E-state index contributed by atoms with van der Waals surface area (Å²) in [6, 6.07) is 55.6. The average Bonchev–Trinajstić information content (AvgIpc) is 3.71. The molecule has 0 aliphatic carbocycles. The maximum atomic E-state index is 6.52. The van der Waals surface area contributed by atoms with Crippen LogP contribution in [-0.4, -0.2) is 4.98 Å². The molecule has 212 valence electrons. The smallest absolute Gasteiger partial charge is 0.227 e. The Morgan fingerprint density at radius 1 is 0.489 bits per heavy atom. The highest BCUT2D eigenvalue weighted by atomic mass is 32.1. The van der Waals surface area contributed by atoms with Crippen molar-refractivity contribution in [2.45, 2.75) is 0 Å². The summed E-state index contributed by atoms with van der Waals surface area (Å²) in [6.07, 6.45) is 0. The molecule has 0 atom stereocenters. The quantitative estimate of drug-likeness (QED) is 0.198. The molecular weight excluding hydrogens is 569 g/mol. The van der Waals surface area contributed by atoms with Gasteiger partial charge in [0.2, 0.25) is 5.89 Å². The molecule has 4 heteroatoms. The molecule has 0 radical (unpaired) electrons. The van der Waals surface area contributed by atoms with Crippen molar-refractivity contribution in [3.8, 4) is 22.6 Å². The van der Waals surface area contributed by atoms with Crippen LogP contribution in [0.5, 0.6) is 0 Å². The molecule has 2 aromatic heterocycles. The van der Waals surface area contributed by atoms with E-state index in [2.05, 4.69) is 132 Å². The van der Waals surface area contributed by atoms with E-state index in [0.717, 1.165) is 55.6 Å². The molecular formula is C41H26N2OS. The van der Waals surface area contributed by atoms with Gasteiger partial charge in [0.25, 0.3) is 0 Å². The van der Waals surface area contributed by atoms with Gasteiger partial charge in [-0.25, -0.2) is 4.98 Å². The summed E-state index contributed by atoms with van der Waals surface area (Å²) < 4.78 is 9.09. The SMILES string of the molecule is c1ccc(-c2nc3c(cc(N(c4ccc5sc6ccccc6c5c4)c4ccccc4-c4ccccc4)c4ccccc43)o2)cc1. The topological polar surface area (TPSA) is 29.3 Å². The fraction of sp³-hybridized carbons (Fsp3) is 0. The zero-order valence-electron chi connectivity index (χ0n) is 24.2. The Morgan fingerprint density at radius 3 is 1.96 bits per heavy atom. The van der Waals surface area contributed by atoms with Crippen LogP contribution in [0.1, 0.15) is 0 Å². The third-order valence-electron chi connectivity index (χ3n) is 8.49. The van der Waals surface area contributed by atoms with Gasteiger partial charge in [0, 0.05) is 53.8 Å². The van der Waals surface area contributed by atoms with Gasteiger partial charge in [-0.15, -0.1) is 11.3 Å². The first-order valence-electron chi connectivity index (χ1n) is 15.1. The predicted octanol–water partition coefficient (Wildman–Crippen LogP) is 12.2. The third kappa shape index (κ3) is 4.30. The van der Waals surface area contributed by atoms with Crippen molar-refractivity contribution in [3.63, 3.8) is 0 Å². The lowest BCUT2D eigenvalue weighted by Crippen LogP contribution is -2.11. The molecule has 0 aliphatic rings. The van der Waals surface area contributed by atoms with Crippen molar-refractivity contribution in [1.82, 2.24) is 4.98 Å². The molecule has 2 heterocycles. The largest absolute Gasteiger partial charge is 0.436 e. The van der Waals surface area contributed by atoms with Gasteiger partial charge < -0.3 is 9.32 Å².